The molecule has 1 unspecified atom stereocenters. The molecule has 33 heavy (non-hydrogen) atoms. The highest BCUT2D eigenvalue weighted by Crippen LogP contribution is 2.31. The summed E-state index contributed by atoms with van der Waals surface area (Å²) in [4.78, 5) is 22.9. The number of amides is 1. The molecular formula is C22H27N5O5S. The van der Waals surface area contributed by atoms with Crippen molar-refractivity contribution in [1.29, 1.82) is 0 Å². The number of ether oxygens (including phenoxy) is 2. The summed E-state index contributed by atoms with van der Waals surface area (Å²) in [6.07, 6.45) is 6.13. The first-order valence-electron chi connectivity index (χ1n) is 10.9. The largest absolute Gasteiger partial charge is 0.446 e. The predicted octanol–water partition coefficient (Wildman–Crippen LogP) is 3.59. The zero-order chi connectivity index (χ0) is 23.6. The zero-order valence-corrected chi connectivity index (χ0v) is 19.7. The van der Waals surface area contributed by atoms with E-state index in [9.17, 15) is 13.2 Å². The molecule has 1 fully saturated rings. The van der Waals surface area contributed by atoms with E-state index in [4.69, 9.17) is 9.47 Å². The molecule has 1 amide bonds. The zero-order valence-electron chi connectivity index (χ0n) is 18.8. The first-order chi connectivity index (χ1) is 15.8. The van der Waals surface area contributed by atoms with Crippen LogP contribution in [0.1, 0.15) is 39.2 Å². The predicted molar refractivity (Wildman–Crippen MR) is 121 cm³/mol. The molecule has 1 aliphatic heterocycles. The van der Waals surface area contributed by atoms with Crippen LogP contribution in [0.5, 0.6) is 11.6 Å². The van der Waals surface area contributed by atoms with E-state index in [1.54, 1.807) is 23.2 Å². The highest BCUT2D eigenvalue weighted by atomic mass is 32.2. The summed E-state index contributed by atoms with van der Waals surface area (Å²) >= 11 is 0. The number of fused-ring (bicyclic) bond motifs is 1. The Bertz CT molecular complexity index is 1230. The van der Waals surface area contributed by atoms with Gasteiger partial charge in [-0.3, -0.25) is 0 Å². The van der Waals surface area contributed by atoms with E-state index in [1.165, 1.54) is 18.5 Å². The van der Waals surface area contributed by atoms with Crippen LogP contribution in [0.25, 0.3) is 11.0 Å². The van der Waals surface area contributed by atoms with E-state index in [1.807, 2.05) is 18.5 Å². The number of benzene rings is 1. The smallest absolute Gasteiger partial charge is 0.410 e. The third-order valence-electron chi connectivity index (χ3n) is 5.77. The average Bonchev–Trinajstić information content (AvgIpc) is 3.24. The SMILES string of the molecule is CCC(C)OC(=O)N1CCC(n2ncc3c(Oc4ccc(S(C)(=O)=O)cc4)ncnc32)CC1. The fraction of sp³-hybridized carbons (Fsp3) is 0.455. The van der Waals surface area contributed by atoms with Crippen LogP contribution in [-0.4, -0.2) is 64.6 Å². The van der Waals surface area contributed by atoms with Crippen LogP contribution in [-0.2, 0) is 14.6 Å². The van der Waals surface area contributed by atoms with Crippen LogP contribution in [0.2, 0.25) is 0 Å². The van der Waals surface area contributed by atoms with Gasteiger partial charge in [-0.25, -0.2) is 27.9 Å². The number of sulfone groups is 1. The molecule has 1 aromatic carbocycles. The minimum atomic E-state index is -3.28. The van der Waals surface area contributed by atoms with E-state index in [0.717, 1.165) is 25.5 Å². The topological polar surface area (TPSA) is 117 Å². The summed E-state index contributed by atoms with van der Waals surface area (Å²) in [7, 11) is -3.28. The third-order valence-corrected chi connectivity index (χ3v) is 6.89. The summed E-state index contributed by atoms with van der Waals surface area (Å²) in [6.45, 7) is 5.04. The van der Waals surface area contributed by atoms with Gasteiger partial charge in [0.25, 0.3) is 0 Å². The minimum absolute atomic E-state index is 0.0898. The molecule has 176 valence electrons. The van der Waals surface area contributed by atoms with Gasteiger partial charge in [-0.05, 0) is 50.5 Å². The molecule has 0 saturated carbocycles. The number of hydrogen-bond donors (Lipinski definition) is 0. The van der Waals surface area contributed by atoms with Gasteiger partial charge in [0.15, 0.2) is 15.5 Å². The third kappa shape index (κ3) is 5.08. The van der Waals surface area contributed by atoms with Crippen molar-refractivity contribution in [3.05, 3.63) is 36.8 Å². The van der Waals surface area contributed by atoms with E-state index < -0.39 is 9.84 Å². The molecule has 0 radical (unpaired) electrons. The Morgan fingerprint density at radius 2 is 1.88 bits per heavy atom. The number of likely N-dealkylation sites (tertiary alicyclic amines) is 1. The van der Waals surface area contributed by atoms with Crippen LogP contribution in [0.4, 0.5) is 4.79 Å². The van der Waals surface area contributed by atoms with Gasteiger partial charge in [-0.1, -0.05) is 6.92 Å². The Balaban J connectivity index is 1.47. The molecule has 0 spiro atoms. The van der Waals surface area contributed by atoms with E-state index >= 15 is 0 Å². The average molecular weight is 474 g/mol. The highest BCUT2D eigenvalue weighted by molar-refractivity contribution is 7.90. The van der Waals surface area contributed by atoms with Crippen molar-refractivity contribution < 1.29 is 22.7 Å². The lowest BCUT2D eigenvalue weighted by Crippen LogP contribution is -2.40. The molecule has 11 heteroatoms. The first-order valence-corrected chi connectivity index (χ1v) is 12.8. The number of carbonyl (C=O) groups is 1. The molecule has 1 atom stereocenters. The van der Waals surface area contributed by atoms with Gasteiger partial charge >= 0.3 is 6.09 Å². The Morgan fingerprint density at radius 1 is 1.18 bits per heavy atom. The van der Waals surface area contributed by atoms with Crippen LogP contribution >= 0.6 is 0 Å². The maximum atomic E-state index is 12.3. The molecule has 10 nitrogen and oxygen atoms in total. The second-order valence-electron chi connectivity index (χ2n) is 8.17. The van der Waals surface area contributed by atoms with Crippen LogP contribution in [0.3, 0.4) is 0 Å². The number of hydrogen-bond acceptors (Lipinski definition) is 8. The van der Waals surface area contributed by atoms with Crippen molar-refractivity contribution in [3.63, 3.8) is 0 Å². The summed E-state index contributed by atoms with van der Waals surface area (Å²) in [5.74, 6) is 0.802. The van der Waals surface area contributed by atoms with Crippen molar-refractivity contribution in [2.24, 2.45) is 0 Å². The van der Waals surface area contributed by atoms with Gasteiger partial charge in [0.2, 0.25) is 5.88 Å². The van der Waals surface area contributed by atoms with Gasteiger partial charge in [-0.2, -0.15) is 5.10 Å². The summed E-state index contributed by atoms with van der Waals surface area (Å²) in [6, 6.07) is 6.25. The van der Waals surface area contributed by atoms with Crippen LogP contribution < -0.4 is 4.74 Å². The number of piperidine rings is 1. The maximum Gasteiger partial charge on any atom is 0.410 e. The van der Waals surface area contributed by atoms with Crippen molar-refractivity contribution in [1.82, 2.24) is 24.6 Å². The Labute approximate surface area is 192 Å². The van der Waals surface area contributed by atoms with Crippen molar-refractivity contribution in [3.8, 4) is 11.6 Å². The first kappa shape index (κ1) is 23.0. The number of carbonyl (C=O) groups excluding carboxylic acids is 1. The number of nitrogens with zero attached hydrogens (tertiary/aromatic N) is 5. The van der Waals surface area contributed by atoms with E-state index in [2.05, 4.69) is 15.1 Å². The van der Waals surface area contributed by atoms with Crippen molar-refractivity contribution in [2.75, 3.05) is 19.3 Å². The Morgan fingerprint density at radius 3 is 2.52 bits per heavy atom. The van der Waals surface area contributed by atoms with Crippen LogP contribution in [0.15, 0.2) is 41.7 Å². The lowest BCUT2D eigenvalue weighted by atomic mass is 10.1. The van der Waals surface area contributed by atoms with E-state index in [0.29, 0.717) is 35.8 Å². The van der Waals surface area contributed by atoms with Crippen molar-refractivity contribution in [2.45, 2.75) is 50.2 Å². The van der Waals surface area contributed by atoms with Crippen molar-refractivity contribution >= 4 is 27.0 Å². The minimum Gasteiger partial charge on any atom is -0.446 e. The number of rotatable bonds is 6. The highest BCUT2D eigenvalue weighted by Gasteiger charge is 2.27. The quantitative estimate of drug-likeness (QED) is 0.533. The van der Waals surface area contributed by atoms with Gasteiger partial charge < -0.3 is 14.4 Å². The molecule has 0 aliphatic carbocycles. The summed E-state index contributed by atoms with van der Waals surface area (Å²) in [5.41, 5.74) is 0.647. The molecule has 4 rings (SSSR count). The fourth-order valence-electron chi connectivity index (χ4n) is 3.68. The molecule has 1 saturated heterocycles. The molecular weight excluding hydrogens is 446 g/mol. The van der Waals surface area contributed by atoms with Gasteiger partial charge in [0.05, 0.1) is 17.1 Å². The van der Waals surface area contributed by atoms with Gasteiger partial charge in [0.1, 0.15) is 23.6 Å². The lowest BCUT2D eigenvalue weighted by Gasteiger charge is -2.32. The Kier molecular flexibility index (Phi) is 6.50. The second kappa shape index (κ2) is 9.34. The molecule has 3 aromatic rings. The molecule has 1 aliphatic rings. The number of aromatic nitrogens is 4. The Hall–Kier alpha value is -3.21. The maximum absolute atomic E-state index is 12.3. The standard InChI is InChI=1S/C22H27N5O5S/c1-4-15(2)31-22(28)26-11-9-16(10-12-26)27-20-19(13-25-27)21(24-14-23-20)32-17-5-7-18(8-6-17)33(3,29)30/h5-8,13-16H,4,9-12H2,1-3H3. The van der Waals surface area contributed by atoms with Crippen LogP contribution in [0, 0.1) is 0 Å². The lowest BCUT2D eigenvalue weighted by molar-refractivity contribution is 0.0582. The molecule has 0 bridgehead atoms. The monoisotopic (exact) mass is 473 g/mol. The molecule has 3 heterocycles. The second-order valence-corrected chi connectivity index (χ2v) is 10.2. The van der Waals surface area contributed by atoms with Gasteiger partial charge in [-0.15, -0.1) is 0 Å². The fourth-order valence-corrected chi connectivity index (χ4v) is 4.31. The molecule has 0 N–H and O–H groups in total. The summed E-state index contributed by atoms with van der Waals surface area (Å²) < 4.78 is 36.5. The normalized spacial score (nSPS) is 16.0. The van der Waals surface area contributed by atoms with E-state index in [-0.39, 0.29) is 23.1 Å². The summed E-state index contributed by atoms with van der Waals surface area (Å²) in [5, 5.41) is 5.18. The molecule has 2 aromatic heterocycles. The van der Waals surface area contributed by atoms with Gasteiger partial charge in [0, 0.05) is 19.3 Å².